The van der Waals surface area contributed by atoms with E-state index in [4.69, 9.17) is 4.74 Å². The number of pyridine rings is 1. The first-order valence-corrected chi connectivity index (χ1v) is 7.21. The van der Waals surface area contributed by atoms with E-state index in [2.05, 4.69) is 37.4 Å². The van der Waals surface area contributed by atoms with Gasteiger partial charge in [0.1, 0.15) is 0 Å². The predicted molar refractivity (Wildman–Crippen MR) is 97.6 cm³/mol. The topological polar surface area (TPSA) is 58.5 Å². The summed E-state index contributed by atoms with van der Waals surface area (Å²) in [7, 11) is 3.36. The van der Waals surface area contributed by atoms with Crippen LogP contribution >= 0.6 is 35.3 Å². The van der Waals surface area contributed by atoms with E-state index in [0.717, 1.165) is 18.2 Å². The Morgan fingerprint density at radius 1 is 1.29 bits per heavy atom. The minimum absolute atomic E-state index is 0. The van der Waals surface area contributed by atoms with E-state index in [1.165, 1.54) is 5.56 Å². The second-order valence-electron chi connectivity index (χ2n) is 4.08. The molecule has 114 valence electrons. The third-order valence-electron chi connectivity index (χ3n) is 2.69. The number of methoxy groups -OCH3 is 1. The van der Waals surface area contributed by atoms with Crippen LogP contribution < -0.4 is 15.4 Å². The molecule has 2 rings (SSSR count). The largest absolute Gasteiger partial charge is 0.481 e. The first-order valence-electron chi connectivity index (χ1n) is 6.27. The van der Waals surface area contributed by atoms with E-state index in [0.29, 0.717) is 12.4 Å². The number of nitrogens with one attached hydrogen (secondary N) is 2. The molecule has 0 aliphatic rings. The zero-order chi connectivity index (χ0) is 14.2. The molecule has 0 aliphatic carbocycles. The highest BCUT2D eigenvalue weighted by Crippen LogP contribution is 2.06. The molecule has 0 atom stereocenters. The molecule has 2 aromatic heterocycles. The quantitative estimate of drug-likeness (QED) is 0.446. The Morgan fingerprint density at radius 2 is 2.10 bits per heavy atom. The van der Waals surface area contributed by atoms with Crippen LogP contribution in [0.15, 0.2) is 40.0 Å². The number of ether oxygens (including phenoxy) is 1. The molecule has 0 fully saturated rings. The first kappa shape index (κ1) is 17.7. The summed E-state index contributed by atoms with van der Waals surface area (Å²) in [5.41, 5.74) is 2.15. The van der Waals surface area contributed by atoms with Gasteiger partial charge in [0.2, 0.25) is 5.88 Å². The maximum Gasteiger partial charge on any atom is 0.213 e. The van der Waals surface area contributed by atoms with Crippen LogP contribution in [0.2, 0.25) is 0 Å². The van der Waals surface area contributed by atoms with Crippen molar-refractivity contribution in [2.45, 2.75) is 13.1 Å². The standard InChI is InChI=1S/C14H18N4OS.HI/c1-15-14(16-8-11-6-7-20-10-11)17-9-12-4-3-5-13(18-12)19-2;/h3-7,10H,8-9H2,1-2H3,(H2,15,16,17);1H. The predicted octanol–water partition coefficient (Wildman–Crippen LogP) is 2.63. The van der Waals surface area contributed by atoms with Gasteiger partial charge in [-0.3, -0.25) is 4.99 Å². The summed E-state index contributed by atoms with van der Waals surface area (Å²) in [4.78, 5) is 8.53. The number of hydrogen-bond acceptors (Lipinski definition) is 4. The molecule has 2 heterocycles. The van der Waals surface area contributed by atoms with Gasteiger partial charge < -0.3 is 15.4 Å². The van der Waals surface area contributed by atoms with Gasteiger partial charge in [-0.1, -0.05) is 6.07 Å². The van der Waals surface area contributed by atoms with E-state index in [-0.39, 0.29) is 24.0 Å². The van der Waals surface area contributed by atoms with Gasteiger partial charge in [0.15, 0.2) is 5.96 Å². The van der Waals surface area contributed by atoms with Crippen molar-refractivity contribution >= 4 is 41.3 Å². The second kappa shape index (κ2) is 9.56. The lowest BCUT2D eigenvalue weighted by Crippen LogP contribution is -2.36. The highest BCUT2D eigenvalue weighted by Gasteiger charge is 2.01. The SMILES string of the molecule is CN=C(NCc1ccsc1)NCc1cccc(OC)n1.I. The Labute approximate surface area is 145 Å². The summed E-state index contributed by atoms with van der Waals surface area (Å²) < 4.78 is 5.10. The molecular weight excluding hydrogens is 399 g/mol. The fourth-order valence-corrected chi connectivity index (χ4v) is 2.31. The van der Waals surface area contributed by atoms with Crippen molar-refractivity contribution in [3.63, 3.8) is 0 Å². The van der Waals surface area contributed by atoms with Gasteiger partial charge in [-0.2, -0.15) is 11.3 Å². The van der Waals surface area contributed by atoms with Crippen molar-refractivity contribution in [3.8, 4) is 5.88 Å². The lowest BCUT2D eigenvalue weighted by atomic mass is 10.3. The Bertz CT molecular complexity index is 560. The van der Waals surface area contributed by atoms with Crippen LogP contribution in [0.25, 0.3) is 0 Å². The van der Waals surface area contributed by atoms with Crippen LogP contribution in [0.4, 0.5) is 0 Å². The molecular formula is C14H19IN4OS. The third-order valence-corrected chi connectivity index (χ3v) is 3.42. The van der Waals surface area contributed by atoms with Gasteiger partial charge in [-0.15, -0.1) is 24.0 Å². The highest BCUT2D eigenvalue weighted by atomic mass is 127. The number of halogens is 1. The molecule has 0 saturated heterocycles. The smallest absolute Gasteiger partial charge is 0.213 e. The molecule has 0 spiro atoms. The average Bonchev–Trinajstić information content (AvgIpc) is 3.01. The molecule has 0 aromatic carbocycles. The van der Waals surface area contributed by atoms with Gasteiger partial charge in [-0.05, 0) is 28.5 Å². The minimum atomic E-state index is 0. The van der Waals surface area contributed by atoms with Gasteiger partial charge in [0, 0.05) is 19.7 Å². The normalized spacial score (nSPS) is 10.7. The number of aliphatic imine (C=N–C) groups is 1. The molecule has 0 unspecified atom stereocenters. The van der Waals surface area contributed by atoms with Gasteiger partial charge in [0.05, 0.1) is 19.3 Å². The van der Waals surface area contributed by atoms with Crippen LogP contribution in [0.3, 0.4) is 0 Å². The molecule has 2 aromatic rings. The van der Waals surface area contributed by atoms with Crippen LogP contribution in [0, 0.1) is 0 Å². The molecule has 0 bridgehead atoms. The maximum absolute atomic E-state index is 5.10. The second-order valence-corrected chi connectivity index (χ2v) is 4.86. The highest BCUT2D eigenvalue weighted by molar-refractivity contribution is 14.0. The van der Waals surface area contributed by atoms with Crippen LogP contribution in [-0.2, 0) is 13.1 Å². The lowest BCUT2D eigenvalue weighted by molar-refractivity contribution is 0.396. The number of aromatic nitrogens is 1. The Morgan fingerprint density at radius 3 is 2.76 bits per heavy atom. The summed E-state index contributed by atoms with van der Waals surface area (Å²) in [6.45, 7) is 1.36. The Balaban J connectivity index is 0.00000220. The number of rotatable bonds is 5. The van der Waals surface area contributed by atoms with Gasteiger partial charge in [0.25, 0.3) is 0 Å². The maximum atomic E-state index is 5.10. The summed E-state index contributed by atoms with van der Waals surface area (Å²) in [5, 5.41) is 10.7. The van der Waals surface area contributed by atoms with Crippen molar-refractivity contribution in [1.82, 2.24) is 15.6 Å². The van der Waals surface area contributed by atoms with E-state index >= 15 is 0 Å². The fraction of sp³-hybridized carbons (Fsp3) is 0.286. The van der Waals surface area contributed by atoms with Crippen molar-refractivity contribution < 1.29 is 4.74 Å². The summed E-state index contributed by atoms with van der Waals surface area (Å²) in [6, 6.07) is 7.79. The van der Waals surface area contributed by atoms with Gasteiger partial charge >= 0.3 is 0 Å². The van der Waals surface area contributed by atoms with E-state index in [1.54, 1.807) is 25.5 Å². The molecule has 5 nitrogen and oxygen atoms in total. The molecule has 21 heavy (non-hydrogen) atoms. The molecule has 0 saturated carbocycles. The zero-order valence-electron chi connectivity index (χ0n) is 12.0. The lowest BCUT2D eigenvalue weighted by Gasteiger charge is -2.11. The summed E-state index contributed by atoms with van der Waals surface area (Å²) in [6.07, 6.45) is 0. The minimum Gasteiger partial charge on any atom is -0.481 e. The number of nitrogens with zero attached hydrogens (tertiary/aromatic N) is 2. The van der Waals surface area contributed by atoms with Crippen LogP contribution in [0.5, 0.6) is 5.88 Å². The van der Waals surface area contributed by atoms with Crippen molar-refractivity contribution in [3.05, 3.63) is 46.3 Å². The average molecular weight is 418 g/mol. The Hall–Kier alpha value is -1.35. The number of thiophene rings is 1. The molecule has 0 radical (unpaired) electrons. The van der Waals surface area contributed by atoms with Crippen LogP contribution in [-0.4, -0.2) is 25.1 Å². The summed E-state index contributed by atoms with van der Waals surface area (Å²) >= 11 is 1.69. The molecule has 0 aliphatic heterocycles. The summed E-state index contributed by atoms with van der Waals surface area (Å²) in [5.74, 6) is 1.37. The van der Waals surface area contributed by atoms with Crippen molar-refractivity contribution in [2.75, 3.05) is 14.2 Å². The molecule has 7 heteroatoms. The Kier molecular flexibility index (Phi) is 8.06. The van der Waals surface area contributed by atoms with Gasteiger partial charge in [-0.25, -0.2) is 4.98 Å². The third kappa shape index (κ3) is 5.88. The molecule has 0 amide bonds. The van der Waals surface area contributed by atoms with E-state index in [9.17, 15) is 0 Å². The monoisotopic (exact) mass is 418 g/mol. The fourth-order valence-electron chi connectivity index (χ4n) is 1.64. The van der Waals surface area contributed by atoms with Crippen molar-refractivity contribution in [2.24, 2.45) is 4.99 Å². The first-order chi connectivity index (χ1) is 9.81. The number of guanidine groups is 1. The van der Waals surface area contributed by atoms with Crippen molar-refractivity contribution in [1.29, 1.82) is 0 Å². The number of hydrogen-bond donors (Lipinski definition) is 2. The molecule has 2 N–H and O–H groups in total. The zero-order valence-corrected chi connectivity index (χ0v) is 15.1. The van der Waals surface area contributed by atoms with E-state index in [1.807, 2.05) is 18.2 Å². The van der Waals surface area contributed by atoms with Crippen LogP contribution in [0.1, 0.15) is 11.3 Å². The van der Waals surface area contributed by atoms with E-state index < -0.39 is 0 Å².